The molecule has 2 heterocycles. The molecule has 0 fully saturated rings. The molecule has 1 N–H and O–H groups in total. The lowest BCUT2D eigenvalue weighted by molar-refractivity contribution is -0.696. The zero-order valence-corrected chi connectivity index (χ0v) is 21.7. The van der Waals surface area contributed by atoms with Gasteiger partial charge in [0.05, 0.1) is 0 Å². The van der Waals surface area contributed by atoms with Gasteiger partial charge in [-0.1, -0.05) is 56.4 Å². The zero-order chi connectivity index (χ0) is 24.8. The third kappa shape index (κ3) is 15.2. The fourth-order valence-corrected chi connectivity index (χ4v) is 4.35. The van der Waals surface area contributed by atoms with Crippen molar-refractivity contribution in [1.29, 1.82) is 0 Å². The lowest BCUT2D eigenvalue weighted by atomic mass is 10.1. The second-order valence-corrected chi connectivity index (χ2v) is 9.53. The predicted octanol–water partition coefficient (Wildman–Crippen LogP) is 6.57. The van der Waals surface area contributed by atoms with E-state index in [0.29, 0.717) is 0 Å². The van der Waals surface area contributed by atoms with Crippen molar-refractivity contribution in [2.75, 3.05) is 6.61 Å². The van der Waals surface area contributed by atoms with E-state index in [1.807, 2.05) is 12.1 Å². The number of nitrogens with zero attached hydrogens (tertiary/aromatic N) is 2. The minimum Gasteiger partial charge on any atom is -0.619 e. The maximum Gasteiger partial charge on any atom is 0.183 e. The Balaban J connectivity index is 1.46. The van der Waals surface area contributed by atoms with Gasteiger partial charge in [0.25, 0.3) is 0 Å². The Kier molecular flexibility index (Phi) is 16.3. The van der Waals surface area contributed by atoms with Gasteiger partial charge in [-0.25, -0.2) is 4.57 Å². The summed E-state index contributed by atoms with van der Waals surface area (Å²) in [6, 6.07) is 8.30. The molecule has 0 saturated carbocycles. The maximum atomic E-state index is 11.3. The third-order valence-electron chi connectivity index (χ3n) is 6.36. The van der Waals surface area contributed by atoms with E-state index in [1.54, 1.807) is 6.20 Å². The van der Waals surface area contributed by atoms with Crippen molar-refractivity contribution >= 4 is 0 Å². The number of pyridine rings is 2. The van der Waals surface area contributed by atoms with Crippen LogP contribution in [-0.4, -0.2) is 11.7 Å². The summed E-state index contributed by atoms with van der Waals surface area (Å²) in [5, 5.41) is 20.0. The van der Waals surface area contributed by atoms with Crippen molar-refractivity contribution in [1.82, 2.24) is 0 Å². The largest absolute Gasteiger partial charge is 0.619 e. The number of hydrogen-bond donors (Lipinski definition) is 1. The number of aryl methyl sites for hydroxylation is 3. The first-order chi connectivity index (χ1) is 17.3. The van der Waals surface area contributed by atoms with Crippen molar-refractivity contribution in [3.63, 3.8) is 0 Å². The number of aliphatic hydroxyl groups excluding tert-OH is 1. The van der Waals surface area contributed by atoms with Crippen molar-refractivity contribution in [3.8, 4) is 0 Å². The molecule has 0 atom stereocenters. The van der Waals surface area contributed by atoms with Crippen molar-refractivity contribution in [2.24, 2.45) is 0 Å². The molecule has 2 aromatic rings. The van der Waals surface area contributed by atoms with Crippen molar-refractivity contribution < 1.29 is 14.4 Å². The second kappa shape index (κ2) is 19.8. The van der Waals surface area contributed by atoms with Gasteiger partial charge in [-0.2, -0.15) is 4.73 Å². The minimum atomic E-state index is 0.262. The van der Waals surface area contributed by atoms with Crippen LogP contribution in [0.5, 0.6) is 0 Å². The van der Waals surface area contributed by atoms with E-state index < -0.39 is 0 Å². The van der Waals surface area contributed by atoms with Gasteiger partial charge in [-0.15, -0.1) is 0 Å². The van der Waals surface area contributed by atoms with E-state index in [1.165, 1.54) is 69.5 Å². The SMILES string of the molecule is [O-][n+]1cccc(CCCCC/C=C/CC[n+]2cccc(CCCCCCCC/C=C/CCO)c2)c1. The fraction of sp³-hybridized carbons (Fsp3) is 0.548. The van der Waals surface area contributed by atoms with Crippen LogP contribution in [0.25, 0.3) is 0 Å². The standard InChI is InChI=1S/C31H47N2O2/c34-27-17-13-9-4-2-1-3-6-10-14-20-30-22-18-25-32(28-30)24-16-12-8-5-7-11-15-21-31-23-19-26-33(35)29-31/h8-9,12-13,18-19,22-23,25-26,28-29,34H,1-7,10-11,14-17,20-21,24,27H2/q+1/b12-8+,13-9+. The first kappa shape index (κ1) is 28.8. The summed E-state index contributed by atoms with van der Waals surface area (Å²) in [6.07, 6.45) is 34.4. The maximum absolute atomic E-state index is 11.3. The average Bonchev–Trinajstić information content (AvgIpc) is 2.86. The molecule has 0 aromatic carbocycles. The monoisotopic (exact) mass is 479 g/mol. The quantitative estimate of drug-likeness (QED) is 0.101. The summed E-state index contributed by atoms with van der Waals surface area (Å²) >= 11 is 0. The molecule has 0 aliphatic carbocycles. The van der Waals surface area contributed by atoms with Crippen molar-refractivity contribution in [2.45, 2.75) is 103 Å². The summed E-state index contributed by atoms with van der Waals surface area (Å²) in [5.41, 5.74) is 2.58. The summed E-state index contributed by atoms with van der Waals surface area (Å²) < 4.78 is 3.21. The van der Waals surface area contributed by atoms with Gasteiger partial charge in [0, 0.05) is 36.3 Å². The van der Waals surface area contributed by atoms with Gasteiger partial charge in [-0.05, 0) is 69.9 Å². The van der Waals surface area contributed by atoms with Crippen LogP contribution >= 0.6 is 0 Å². The summed E-state index contributed by atoms with van der Waals surface area (Å²) in [6.45, 7) is 1.30. The van der Waals surface area contributed by atoms with Crippen LogP contribution in [0.15, 0.2) is 73.4 Å². The molecule has 4 heteroatoms. The van der Waals surface area contributed by atoms with E-state index >= 15 is 0 Å². The van der Waals surface area contributed by atoms with Crippen LogP contribution in [0.4, 0.5) is 0 Å². The van der Waals surface area contributed by atoms with Gasteiger partial charge in [0.15, 0.2) is 31.3 Å². The van der Waals surface area contributed by atoms with Crippen LogP contribution < -0.4 is 9.30 Å². The van der Waals surface area contributed by atoms with Gasteiger partial charge >= 0.3 is 0 Å². The number of unbranched alkanes of at least 4 members (excludes halogenated alkanes) is 9. The number of hydrogen-bond acceptors (Lipinski definition) is 2. The van der Waals surface area contributed by atoms with Crippen LogP contribution in [-0.2, 0) is 19.4 Å². The average molecular weight is 480 g/mol. The molecule has 0 radical (unpaired) electrons. The molecule has 192 valence electrons. The smallest absolute Gasteiger partial charge is 0.183 e. The van der Waals surface area contributed by atoms with Crippen molar-refractivity contribution in [3.05, 3.63) is 89.7 Å². The molecule has 0 bridgehead atoms. The van der Waals surface area contributed by atoms with Gasteiger partial charge in [-0.3, -0.25) is 0 Å². The Hall–Kier alpha value is -2.46. The highest BCUT2D eigenvalue weighted by molar-refractivity contribution is 5.06. The summed E-state index contributed by atoms with van der Waals surface area (Å²) in [4.78, 5) is 0. The number of aromatic nitrogens is 2. The molecule has 0 saturated heterocycles. The van der Waals surface area contributed by atoms with Crippen LogP contribution in [0.2, 0.25) is 0 Å². The van der Waals surface area contributed by atoms with Crippen LogP contribution in [0, 0.1) is 5.21 Å². The number of rotatable bonds is 20. The molecule has 0 aliphatic rings. The molecule has 4 nitrogen and oxygen atoms in total. The highest BCUT2D eigenvalue weighted by atomic mass is 16.5. The van der Waals surface area contributed by atoms with E-state index in [4.69, 9.17) is 5.11 Å². The summed E-state index contributed by atoms with van der Waals surface area (Å²) in [7, 11) is 0. The molecular weight excluding hydrogens is 432 g/mol. The fourth-order valence-electron chi connectivity index (χ4n) is 4.35. The van der Waals surface area contributed by atoms with Gasteiger partial charge in [0.1, 0.15) is 0 Å². The predicted molar refractivity (Wildman–Crippen MR) is 145 cm³/mol. The lowest BCUT2D eigenvalue weighted by Gasteiger charge is -2.02. The Bertz CT molecular complexity index is 847. The van der Waals surface area contributed by atoms with Gasteiger partial charge < -0.3 is 10.3 Å². The third-order valence-corrected chi connectivity index (χ3v) is 6.36. The Morgan fingerprint density at radius 2 is 1.17 bits per heavy atom. The van der Waals surface area contributed by atoms with Gasteiger partial charge in [0.2, 0.25) is 0 Å². The topological polar surface area (TPSA) is 51.0 Å². The molecule has 35 heavy (non-hydrogen) atoms. The van der Waals surface area contributed by atoms with E-state index in [2.05, 4.69) is 53.4 Å². The normalized spacial score (nSPS) is 11.7. The zero-order valence-electron chi connectivity index (χ0n) is 21.7. The first-order valence-corrected chi connectivity index (χ1v) is 13.8. The Morgan fingerprint density at radius 3 is 1.86 bits per heavy atom. The van der Waals surface area contributed by atoms with Crippen LogP contribution in [0.3, 0.4) is 0 Å². The molecule has 0 spiro atoms. The molecule has 0 unspecified atom stereocenters. The van der Waals surface area contributed by atoms with Crippen LogP contribution in [0.1, 0.15) is 94.6 Å². The minimum absolute atomic E-state index is 0.262. The van der Waals surface area contributed by atoms with E-state index in [-0.39, 0.29) is 6.61 Å². The Labute approximate surface area is 213 Å². The highest BCUT2D eigenvalue weighted by Gasteiger charge is 2.02. The second-order valence-electron chi connectivity index (χ2n) is 9.53. The molecule has 0 amide bonds. The number of allylic oxidation sites excluding steroid dienone is 3. The Morgan fingerprint density at radius 1 is 0.629 bits per heavy atom. The summed E-state index contributed by atoms with van der Waals surface area (Å²) in [5.74, 6) is 0. The molecular formula is C31H47N2O2+. The molecule has 0 aliphatic heterocycles. The van der Waals surface area contributed by atoms with E-state index in [0.717, 1.165) is 55.4 Å². The lowest BCUT2D eigenvalue weighted by Crippen LogP contribution is -2.32. The molecule has 2 aromatic heterocycles. The number of aliphatic hydroxyl groups is 1. The first-order valence-electron chi connectivity index (χ1n) is 13.8. The molecule has 2 rings (SSSR count). The van der Waals surface area contributed by atoms with E-state index in [9.17, 15) is 5.21 Å². The highest BCUT2D eigenvalue weighted by Crippen LogP contribution is 2.11.